The van der Waals surface area contributed by atoms with Gasteiger partial charge in [0.15, 0.2) is 0 Å². The molecule has 174 valence electrons. The van der Waals surface area contributed by atoms with E-state index in [-0.39, 0.29) is 10.6 Å². The third kappa shape index (κ3) is 4.87. The van der Waals surface area contributed by atoms with Gasteiger partial charge in [-0.2, -0.15) is 5.10 Å². The molecule has 4 rings (SSSR count). The third-order valence-corrected chi connectivity index (χ3v) is 6.98. The number of benzene rings is 3. The first kappa shape index (κ1) is 23.3. The van der Waals surface area contributed by atoms with Crippen LogP contribution in [-0.2, 0) is 16.6 Å². The van der Waals surface area contributed by atoms with E-state index in [1.54, 1.807) is 48.2 Å². The monoisotopic (exact) mass is 475 g/mol. The third-order valence-electron chi connectivity index (χ3n) is 5.63. The molecule has 0 aliphatic rings. The van der Waals surface area contributed by atoms with Crippen molar-refractivity contribution in [2.24, 2.45) is 0 Å². The highest BCUT2D eigenvalue weighted by Gasteiger charge is 2.23. The zero-order valence-corrected chi connectivity index (χ0v) is 20.0. The predicted octanol–water partition coefficient (Wildman–Crippen LogP) is 4.34. The summed E-state index contributed by atoms with van der Waals surface area (Å²) in [6, 6.07) is 22.6. The summed E-state index contributed by atoms with van der Waals surface area (Å²) >= 11 is 0. The second kappa shape index (κ2) is 9.52. The van der Waals surface area contributed by atoms with Gasteiger partial charge in [-0.25, -0.2) is 13.1 Å². The smallest absolute Gasteiger partial charge is 0.283 e. The molecule has 1 N–H and O–H groups in total. The van der Waals surface area contributed by atoms with Crippen molar-refractivity contribution in [1.82, 2.24) is 14.5 Å². The Balaban J connectivity index is 1.74. The molecule has 0 aliphatic heterocycles. The largest absolute Gasteiger partial charge is 0.497 e. The van der Waals surface area contributed by atoms with E-state index in [9.17, 15) is 13.2 Å². The first-order valence-electron chi connectivity index (χ1n) is 10.7. The normalized spacial score (nSPS) is 11.3. The number of aryl methyl sites for hydroxylation is 2. The van der Waals surface area contributed by atoms with Gasteiger partial charge in [-0.15, -0.1) is 0 Å². The van der Waals surface area contributed by atoms with E-state index in [4.69, 9.17) is 4.74 Å². The van der Waals surface area contributed by atoms with Crippen LogP contribution in [0, 0.1) is 13.8 Å². The molecule has 34 heavy (non-hydrogen) atoms. The lowest BCUT2D eigenvalue weighted by molar-refractivity contribution is 0.0971. The number of ether oxygens (including phenoxy) is 1. The van der Waals surface area contributed by atoms with Crippen LogP contribution in [0.15, 0.2) is 83.8 Å². The van der Waals surface area contributed by atoms with Crippen molar-refractivity contribution in [2.45, 2.75) is 25.3 Å². The first-order valence-corrected chi connectivity index (χ1v) is 12.2. The zero-order chi connectivity index (χ0) is 24.3. The molecule has 0 radical (unpaired) electrons. The van der Waals surface area contributed by atoms with E-state index in [2.05, 4.69) is 9.82 Å². The molecule has 0 unspecified atom stereocenters. The molecule has 0 saturated carbocycles. The summed E-state index contributed by atoms with van der Waals surface area (Å²) < 4.78 is 34.5. The van der Waals surface area contributed by atoms with Crippen LogP contribution in [0.1, 0.15) is 27.2 Å². The standard InChI is InChI=1S/C26H25N3O4S/c1-18-8-7-9-19(2)23(18)17-29-25(16-24(27-29)20-12-14-21(33-3)15-13-20)26(30)28-34(31,32)22-10-5-4-6-11-22/h4-16H,17H2,1-3H3,(H,28,30). The molecule has 3 aromatic carbocycles. The average Bonchev–Trinajstić information content (AvgIpc) is 3.26. The minimum Gasteiger partial charge on any atom is -0.497 e. The number of nitrogens with zero attached hydrogens (tertiary/aromatic N) is 2. The lowest BCUT2D eigenvalue weighted by atomic mass is 10.0. The molecule has 1 heterocycles. The van der Waals surface area contributed by atoms with E-state index in [1.807, 2.05) is 44.2 Å². The molecule has 0 saturated heterocycles. The molecule has 1 aromatic heterocycles. The van der Waals surface area contributed by atoms with Gasteiger partial charge >= 0.3 is 0 Å². The number of rotatable bonds is 7. The van der Waals surface area contributed by atoms with Crippen molar-refractivity contribution in [3.8, 4) is 17.0 Å². The van der Waals surface area contributed by atoms with Crippen molar-refractivity contribution in [1.29, 1.82) is 0 Å². The Morgan fingerprint density at radius 2 is 1.59 bits per heavy atom. The molecule has 0 bridgehead atoms. The maximum atomic E-state index is 13.2. The summed E-state index contributed by atoms with van der Waals surface area (Å²) in [4.78, 5) is 13.2. The van der Waals surface area contributed by atoms with Gasteiger partial charge in [-0.05, 0) is 73.0 Å². The second-order valence-electron chi connectivity index (χ2n) is 7.92. The first-order chi connectivity index (χ1) is 16.3. The van der Waals surface area contributed by atoms with E-state index in [0.29, 0.717) is 18.0 Å². The predicted molar refractivity (Wildman–Crippen MR) is 130 cm³/mol. The lowest BCUT2D eigenvalue weighted by Gasteiger charge is -2.13. The molecule has 8 heteroatoms. The number of carbonyl (C=O) groups excluding carboxylic acids is 1. The highest BCUT2D eigenvalue weighted by molar-refractivity contribution is 7.90. The van der Waals surface area contributed by atoms with Crippen LogP contribution in [0.3, 0.4) is 0 Å². The van der Waals surface area contributed by atoms with Gasteiger partial charge in [0.2, 0.25) is 0 Å². The maximum Gasteiger partial charge on any atom is 0.283 e. The summed E-state index contributed by atoms with van der Waals surface area (Å²) in [5.41, 5.74) is 4.62. The number of nitrogens with one attached hydrogen (secondary N) is 1. The number of aromatic nitrogens is 2. The number of methoxy groups -OCH3 is 1. The molecule has 7 nitrogen and oxygen atoms in total. The number of amides is 1. The van der Waals surface area contributed by atoms with E-state index >= 15 is 0 Å². The van der Waals surface area contributed by atoms with Crippen LogP contribution in [-0.4, -0.2) is 31.2 Å². The van der Waals surface area contributed by atoms with Gasteiger partial charge < -0.3 is 4.74 Å². The SMILES string of the molecule is COc1ccc(-c2cc(C(=O)NS(=O)(=O)c3ccccc3)n(Cc3c(C)cccc3C)n2)cc1. The second-order valence-corrected chi connectivity index (χ2v) is 9.60. The number of hydrogen-bond donors (Lipinski definition) is 1. The van der Waals surface area contributed by atoms with Crippen LogP contribution in [0.2, 0.25) is 0 Å². The molecule has 0 atom stereocenters. The molecule has 4 aromatic rings. The Morgan fingerprint density at radius 1 is 0.941 bits per heavy atom. The van der Waals surface area contributed by atoms with Gasteiger partial charge in [0.05, 0.1) is 24.2 Å². The zero-order valence-electron chi connectivity index (χ0n) is 19.1. The minimum absolute atomic E-state index is 0.0135. The fraction of sp³-hybridized carbons (Fsp3) is 0.154. The Kier molecular flexibility index (Phi) is 6.51. The maximum absolute atomic E-state index is 13.2. The Morgan fingerprint density at radius 3 is 2.21 bits per heavy atom. The van der Waals surface area contributed by atoms with E-state index in [0.717, 1.165) is 22.3 Å². The Hall–Kier alpha value is -3.91. The highest BCUT2D eigenvalue weighted by Crippen LogP contribution is 2.24. The van der Waals surface area contributed by atoms with Gasteiger partial charge in [0.1, 0.15) is 11.4 Å². The molecular weight excluding hydrogens is 450 g/mol. The van der Waals surface area contributed by atoms with Crippen molar-refractivity contribution in [3.63, 3.8) is 0 Å². The summed E-state index contributed by atoms with van der Waals surface area (Å²) in [5.74, 6) is -0.0482. The number of hydrogen-bond acceptors (Lipinski definition) is 5. The summed E-state index contributed by atoms with van der Waals surface area (Å²) in [6.45, 7) is 4.31. The summed E-state index contributed by atoms with van der Waals surface area (Å²) in [7, 11) is -2.45. The van der Waals surface area contributed by atoms with Gasteiger partial charge in [-0.1, -0.05) is 36.4 Å². The van der Waals surface area contributed by atoms with Crippen LogP contribution < -0.4 is 9.46 Å². The van der Waals surface area contributed by atoms with Crippen LogP contribution in [0.5, 0.6) is 5.75 Å². The van der Waals surface area contributed by atoms with Crippen molar-refractivity contribution < 1.29 is 17.9 Å². The summed E-state index contributed by atoms with van der Waals surface area (Å²) in [5, 5.41) is 4.66. The van der Waals surface area contributed by atoms with Gasteiger partial charge in [0, 0.05) is 5.56 Å². The van der Waals surface area contributed by atoms with E-state index in [1.165, 1.54) is 12.1 Å². The van der Waals surface area contributed by atoms with Crippen molar-refractivity contribution >= 4 is 15.9 Å². The Labute approximate surface area is 199 Å². The highest BCUT2D eigenvalue weighted by atomic mass is 32.2. The fourth-order valence-electron chi connectivity index (χ4n) is 3.70. The minimum atomic E-state index is -4.04. The molecule has 0 spiro atoms. The molecular formula is C26H25N3O4S. The number of carbonyl (C=O) groups is 1. The van der Waals surface area contributed by atoms with Crippen LogP contribution in [0.25, 0.3) is 11.3 Å². The fourth-order valence-corrected chi connectivity index (χ4v) is 4.69. The van der Waals surface area contributed by atoms with Gasteiger partial charge in [0.25, 0.3) is 15.9 Å². The topological polar surface area (TPSA) is 90.3 Å². The molecule has 0 fully saturated rings. The lowest BCUT2D eigenvalue weighted by Crippen LogP contribution is -2.32. The van der Waals surface area contributed by atoms with Gasteiger partial charge in [-0.3, -0.25) is 9.48 Å². The summed E-state index contributed by atoms with van der Waals surface area (Å²) in [6.07, 6.45) is 0. The van der Waals surface area contributed by atoms with E-state index < -0.39 is 15.9 Å². The van der Waals surface area contributed by atoms with Crippen molar-refractivity contribution in [2.75, 3.05) is 7.11 Å². The van der Waals surface area contributed by atoms with Crippen LogP contribution >= 0.6 is 0 Å². The molecule has 0 aliphatic carbocycles. The quantitative estimate of drug-likeness (QED) is 0.429. The van der Waals surface area contributed by atoms with Crippen molar-refractivity contribution in [3.05, 3.63) is 101 Å². The Bertz CT molecular complexity index is 1410. The average molecular weight is 476 g/mol. The molecule has 1 amide bonds. The number of sulfonamides is 1. The van der Waals surface area contributed by atoms with Crippen LogP contribution in [0.4, 0.5) is 0 Å².